The average Bonchev–Trinajstić information content (AvgIpc) is 2.61. The summed E-state index contributed by atoms with van der Waals surface area (Å²) in [6, 6.07) is -6.33. The number of carboxylic acids is 1. The van der Waals surface area contributed by atoms with Gasteiger partial charge in [0.25, 0.3) is 0 Å². The Balaban J connectivity index is 5.26. The van der Waals surface area contributed by atoms with Gasteiger partial charge in [0.05, 0.1) is 25.7 Å². The van der Waals surface area contributed by atoms with Crippen LogP contribution in [0, 0.1) is 0 Å². The minimum atomic E-state index is -1.73. The second-order valence-corrected chi connectivity index (χ2v) is 5.83. The average molecular weight is 407 g/mol. The van der Waals surface area contributed by atoms with Gasteiger partial charge >= 0.3 is 5.97 Å². The highest BCUT2D eigenvalue weighted by Crippen LogP contribution is 1.99. The smallest absolute Gasteiger partial charge is 0.328 e. The predicted molar refractivity (Wildman–Crippen MR) is 91.1 cm³/mol. The lowest BCUT2D eigenvalue weighted by Gasteiger charge is -2.24. The Kier molecular flexibility index (Phi) is 10.6. The fourth-order valence-electron chi connectivity index (χ4n) is 1.88. The van der Waals surface area contributed by atoms with Crippen LogP contribution < -0.4 is 27.4 Å². The molecule has 0 fully saturated rings. The first kappa shape index (κ1) is 25.2. The van der Waals surface area contributed by atoms with E-state index in [4.69, 9.17) is 21.7 Å². The number of carboxylic acid groups (broad SMARTS) is 1. The molecule has 0 aliphatic heterocycles. The van der Waals surface area contributed by atoms with E-state index in [1.54, 1.807) is 0 Å². The lowest BCUT2D eigenvalue weighted by Crippen LogP contribution is -2.59. The molecule has 0 aromatic heterocycles. The van der Waals surface area contributed by atoms with Crippen molar-refractivity contribution in [2.75, 3.05) is 13.2 Å². The van der Waals surface area contributed by atoms with Gasteiger partial charge < -0.3 is 47.8 Å². The Morgan fingerprint density at radius 2 is 1.39 bits per heavy atom. The maximum Gasteiger partial charge on any atom is 0.328 e. The normalized spacial score (nSPS) is 16.0. The highest BCUT2D eigenvalue weighted by atomic mass is 16.4. The van der Waals surface area contributed by atoms with E-state index in [1.165, 1.54) is 0 Å². The molecule has 0 heterocycles. The number of nitrogens with two attached hydrogens (primary N) is 2. The third-order valence-electron chi connectivity index (χ3n) is 3.43. The summed E-state index contributed by atoms with van der Waals surface area (Å²) in [5.74, 6) is -5.79. The maximum atomic E-state index is 12.2. The summed E-state index contributed by atoms with van der Waals surface area (Å²) in [5.41, 5.74) is 10.3. The van der Waals surface area contributed by atoms with Gasteiger partial charge in [0, 0.05) is 0 Å². The molecule has 0 spiro atoms. The summed E-state index contributed by atoms with van der Waals surface area (Å²) in [5, 5.41) is 42.4. The molecule has 14 heteroatoms. The van der Waals surface area contributed by atoms with Gasteiger partial charge in [-0.2, -0.15) is 0 Å². The number of hydrogen-bond acceptors (Lipinski definition) is 9. The van der Waals surface area contributed by atoms with Crippen molar-refractivity contribution in [1.82, 2.24) is 16.0 Å². The van der Waals surface area contributed by atoms with Crippen molar-refractivity contribution in [3.8, 4) is 0 Å². The van der Waals surface area contributed by atoms with E-state index < -0.39 is 79.5 Å². The van der Waals surface area contributed by atoms with Gasteiger partial charge in [-0.15, -0.1) is 0 Å². The lowest BCUT2D eigenvalue weighted by atomic mass is 10.1. The second-order valence-electron chi connectivity index (χ2n) is 5.83. The Bertz CT molecular complexity index is 598. The van der Waals surface area contributed by atoms with Crippen molar-refractivity contribution >= 4 is 29.6 Å². The van der Waals surface area contributed by atoms with E-state index in [9.17, 15) is 34.2 Å². The largest absolute Gasteiger partial charge is 0.480 e. The Hall–Kier alpha value is -2.81. The Morgan fingerprint density at radius 3 is 1.79 bits per heavy atom. The van der Waals surface area contributed by atoms with Gasteiger partial charge in [-0.1, -0.05) is 0 Å². The van der Waals surface area contributed by atoms with Gasteiger partial charge in [0.2, 0.25) is 23.6 Å². The van der Waals surface area contributed by atoms with Gasteiger partial charge in [0.15, 0.2) is 6.04 Å². The van der Waals surface area contributed by atoms with Crippen LogP contribution in [0.1, 0.15) is 13.3 Å². The first-order valence-corrected chi connectivity index (χ1v) is 8.02. The predicted octanol–water partition coefficient (Wildman–Crippen LogP) is -5.91. The summed E-state index contributed by atoms with van der Waals surface area (Å²) in [4.78, 5) is 58.2. The third kappa shape index (κ3) is 8.26. The van der Waals surface area contributed by atoms with Crippen molar-refractivity contribution in [1.29, 1.82) is 0 Å². The number of amides is 4. The van der Waals surface area contributed by atoms with Crippen LogP contribution in [0.25, 0.3) is 0 Å². The fraction of sp³-hybridized carbons (Fsp3) is 0.643. The standard InChI is InChI=1S/C14H25N5O9/c1-5(22)10(14(27)28)19-12(25)7(2-9(16)23)17-13(26)8(4-21)18-11(24)6(15)3-20/h5-8,10,20-22H,2-4,15H2,1H3,(H2,16,23)(H,17,26)(H,18,24)(H,19,25)(H,27,28). The number of carbonyl (C=O) groups excluding carboxylic acids is 4. The molecular weight excluding hydrogens is 382 g/mol. The van der Waals surface area contributed by atoms with Gasteiger partial charge in [-0.05, 0) is 6.92 Å². The van der Waals surface area contributed by atoms with Crippen LogP contribution in [-0.4, -0.2) is 93.5 Å². The quantitative estimate of drug-likeness (QED) is 0.148. The zero-order valence-electron chi connectivity index (χ0n) is 15.0. The van der Waals surface area contributed by atoms with Crippen LogP contribution in [0.4, 0.5) is 0 Å². The van der Waals surface area contributed by atoms with Crippen LogP contribution in [0.15, 0.2) is 0 Å². The number of primary amides is 1. The zero-order chi connectivity index (χ0) is 22.0. The molecule has 0 rings (SSSR count). The molecule has 0 saturated heterocycles. The van der Waals surface area contributed by atoms with E-state index in [-0.39, 0.29) is 0 Å². The summed E-state index contributed by atoms with van der Waals surface area (Å²) in [6.07, 6.45) is -2.22. The number of rotatable bonds is 12. The van der Waals surface area contributed by atoms with E-state index in [2.05, 4.69) is 0 Å². The zero-order valence-corrected chi connectivity index (χ0v) is 15.0. The molecule has 0 bridgehead atoms. The fourth-order valence-corrected chi connectivity index (χ4v) is 1.88. The monoisotopic (exact) mass is 407 g/mol. The summed E-state index contributed by atoms with van der Waals surface area (Å²) >= 11 is 0. The van der Waals surface area contributed by atoms with Crippen molar-refractivity contribution in [3.63, 3.8) is 0 Å². The van der Waals surface area contributed by atoms with Gasteiger partial charge in [-0.25, -0.2) is 4.79 Å². The number of aliphatic carboxylic acids is 1. The number of carbonyl (C=O) groups is 5. The van der Waals surface area contributed by atoms with Crippen LogP contribution in [0.3, 0.4) is 0 Å². The third-order valence-corrected chi connectivity index (χ3v) is 3.43. The minimum Gasteiger partial charge on any atom is -0.480 e. The maximum absolute atomic E-state index is 12.2. The molecule has 28 heavy (non-hydrogen) atoms. The van der Waals surface area contributed by atoms with Crippen molar-refractivity contribution in [2.45, 2.75) is 43.6 Å². The molecule has 5 atom stereocenters. The van der Waals surface area contributed by atoms with Gasteiger partial charge in [0.1, 0.15) is 18.1 Å². The molecular formula is C14H25N5O9. The van der Waals surface area contributed by atoms with Crippen LogP contribution in [0.5, 0.6) is 0 Å². The number of hydrogen-bond donors (Lipinski definition) is 9. The lowest BCUT2D eigenvalue weighted by molar-refractivity contribution is -0.145. The van der Waals surface area contributed by atoms with Crippen LogP contribution in [-0.2, 0) is 24.0 Å². The van der Waals surface area contributed by atoms with Crippen molar-refractivity contribution in [3.05, 3.63) is 0 Å². The number of aliphatic hydroxyl groups excluding tert-OH is 3. The molecule has 0 saturated carbocycles. The molecule has 0 radical (unpaired) electrons. The van der Waals surface area contributed by atoms with E-state index in [0.29, 0.717) is 0 Å². The van der Waals surface area contributed by atoms with Crippen molar-refractivity contribution < 1.29 is 44.4 Å². The number of nitrogens with one attached hydrogen (secondary N) is 3. The molecule has 5 unspecified atom stereocenters. The van der Waals surface area contributed by atoms with Crippen LogP contribution >= 0.6 is 0 Å². The molecule has 4 amide bonds. The molecule has 0 aromatic carbocycles. The van der Waals surface area contributed by atoms with E-state index >= 15 is 0 Å². The topological polar surface area (TPSA) is 254 Å². The van der Waals surface area contributed by atoms with E-state index in [1.807, 2.05) is 16.0 Å². The highest BCUT2D eigenvalue weighted by Gasteiger charge is 2.32. The molecule has 160 valence electrons. The molecule has 11 N–H and O–H groups in total. The first-order chi connectivity index (χ1) is 12.9. The number of aliphatic hydroxyl groups is 3. The van der Waals surface area contributed by atoms with Gasteiger partial charge in [-0.3, -0.25) is 19.2 Å². The first-order valence-electron chi connectivity index (χ1n) is 8.02. The highest BCUT2D eigenvalue weighted by molar-refractivity contribution is 5.96. The summed E-state index contributed by atoms with van der Waals surface area (Å²) < 4.78 is 0. The molecule has 0 aliphatic carbocycles. The SMILES string of the molecule is CC(O)C(NC(=O)C(CC(N)=O)NC(=O)C(CO)NC(=O)C(N)CO)C(=O)O. The van der Waals surface area contributed by atoms with Crippen molar-refractivity contribution in [2.24, 2.45) is 11.5 Å². The molecule has 0 aromatic rings. The Labute approximate surface area is 159 Å². The minimum absolute atomic E-state index is 0.728. The summed E-state index contributed by atoms with van der Waals surface area (Å²) in [6.45, 7) is -0.539. The molecule has 0 aliphatic rings. The summed E-state index contributed by atoms with van der Waals surface area (Å²) in [7, 11) is 0. The molecule has 14 nitrogen and oxygen atoms in total. The Morgan fingerprint density at radius 1 is 0.893 bits per heavy atom. The van der Waals surface area contributed by atoms with E-state index in [0.717, 1.165) is 6.92 Å². The second kappa shape index (κ2) is 11.8. The van der Waals surface area contributed by atoms with Crippen LogP contribution in [0.2, 0.25) is 0 Å².